The zero-order chi connectivity index (χ0) is 16.1. The lowest BCUT2D eigenvalue weighted by Gasteiger charge is -2.20. The van der Waals surface area contributed by atoms with Gasteiger partial charge in [0.05, 0.1) is 0 Å². The topological polar surface area (TPSA) is 51.2 Å². The molecule has 4 nitrogen and oxygen atoms in total. The second-order valence-corrected chi connectivity index (χ2v) is 7.14. The number of benzene rings is 1. The van der Waals surface area contributed by atoms with Crippen LogP contribution in [-0.4, -0.2) is 24.1 Å². The van der Waals surface area contributed by atoms with Crippen molar-refractivity contribution in [1.82, 2.24) is 4.98 Å². The van der Waals surface area contributed by atoms with Crippen LogP contribution in [0.5, 0.6) is 0 Å². The Balaban J connectivity index is 1.87. The molecule has 1 aromatic carbocycles. The van der Waals surface area contributed by atoms with Crippen molar-refractivity contribution in [2.75, 3.05) is 18.5 Å². The number of thiazole rings is 1. The van der Waals surface area contributed by atoms with Gasteiger partial charge in [0.1, 0.15) is 0 Å². The van der Waals surface area contributed by atoms with E-state index in [-0.39, 0.29) is 5.91 Å². The normalized spacial score (nSPS) is 16.3. The molecule has 0 bridgehead atoms. The van der Waals surface area contributed by atoms with Crippen molar-refractivity contribution in [3.05, 3.63) is 52.0 Å². The van der Waals surface area contributed by atoms with Gasteiger partial charge in [-0.25, -0.2) is 4.98 Å². The van der Waals surface area contributed by atoms with Gasteiger partial charge in [0.2, 0.25) is 0 Å². The average Bonchev–Trinajstić information content (AvgIpc) is 3.07. The molecule has 2 aromatic rings. The van der Waals surface area contributed by atoms with Gasteiger partial charge in [0.15, 0.2) is 5.13 Å². The van der Waals surface area contributed by atoms with E-state index in [1.165, 1.54) is 11.3 Å². The molecule has 1 aromatic heterocycles. The number of amides is 1. The molecule has 0 radical (unpaired) electrons. The predicted octanol–water partition coefficient (Wildman–Crippen LogP) is 4.35. The fourth-order valence-electron chi connectivity index (χ4n) is 2.50. The van der Waals surface area contributed by atoms with Gasteiger partial charge in [0.25, 0.3) is 5.91 Å². The number of nitrogens with zero attached hydrogens (tertiary/aromatic N) is 1. The molecule has 1 aliphatic heterocycles. The van der Waals surface area contributed by atoms with Crippen molar-refractivity contribution in [3.8, 4) is 0 Å². The number of allylic oxidation sites excluding steroid dienone is 1. The molecule has 0 unspecified atom stereocenters. The second-order valence-electron chi connectivity index (χ2n) is 5.33. The number of anilines is 1. The number of nitrogens with one attached hydrogen (secondary N) is 1. The van der Waals surface area contributed by atoms with Crippen LogP contribution >= 0.6 is 27.3 Å². The molecule has 23 heavy (non-hydrogen) atoms. The van der Waals surface area contributed by atoms with E-state index in [0.717, 1.165) is 36.1 Å². The lowest BCUT2D eigenvalue weighted by Crippen LogP contribution is -2.18. The first-order chi connectivity index (χ1) is 11.2. The van der Waals surface area contributed by atoms with Gasteiger partial charge >= 0.3 is 0 Å². The fraction of sp³-hybridized carbons (Fsp3) is 0.294. The molecular weight excluding hydrogens is 376 g/mol. The number of hydrogen-bond acceptors (Lipinski definition) is 4. The largest absolute Gasteiger partial charge is 0.381 e. The van der Waals surface area contributed by atoms with Crippen LogP contribution < -0.4 is 5.32 Å². The maximum Gasteiger partial charge on any atom is 0.257 e. The van der Waals surface area contributed by atoms with Crippen molar-refractivity contribution < 1.29 is 9.53 Å². The lowest BCUT2D eigenvalue weighted by atomic mass is 9.94. The van der Waals surface area contributed by atoms with Crippen molar-refractivity contribution in [2.24, 2.45) is 5.92 Å². The Morgan fingerprint density at radius 2 is 2.04 bits per heavy atom. The van der Waals surface area contributed by atoms with E-state index in [2.05, 4.69) is 32.3 Å². The predicted molar refractivity (Wildman–Crippen MR) is 96.4 cm³/mol. The third kappa shape index (κ3) is 4.50. The summed E-state index contributed by atoms with van der Waals surface area (Å²) in [5, 5.41) is 5.34. The molecule has 120 valence electrons. The summed E-state index contributed by atoms with van der Waals surface area (Å²) in [6, 6.07) is 7.81. The molecular formula is C17H17BrN2O2S. The molecule has 2 heterocycles. The Morgan fingerprint density at radius 3 is 2.70 bits per heavy atom. The van der Waals surface area contributed by atoms with Crippen LogP contribution in [0.4, 0.5) is 5.13 Å². The van der Waals surface area contributed by atoms with E-state index < -0.39 is 0 Å². The highest BCUT2D eigenvalue weighted by Gasteiger charge is 2.18. The van der Waals surface area contributed by atoms with Crippen molar-refractivity contribution in [3.63, 3.8) is 0 Å². The molecule has 0 spiro atoms. The third-order valence-corrected chi connectivity index (χ3v) is 4.94. The van der Waals surface area contributed by atoms with E-state index in [1.807, 2.05) is 29.6 Å². The number of aromatic nitrogens is 1. The van der Waals surface area contributed by atoms with Gasteiger partial charge in [-0.05, 0) is 36.5 Å². The van der Waals surface area contributed by atoms with E-state index >= 15 is 0 Å². The van der Waals surface area contributed by atoms with Crippen molar-refractivity contribution >= 4 is 43.9 Å². The summed E-state index contributed by atoms with van der Waals surface area (Å²) < 4.78 is 6.40. The minimum absolute atomic E-state index is 0.117. The van der Waals surface area contributed by atoms with Crippen LogP contribution in [0.1, 0.15) is 18.4 Å². The average molecular weight is 393 g/mol. The molecule has 1 amide bonds. The van der Waals surface area contributed by atoms with Gasteiger partial charge in [-0.3, -0.25) is 10.1 Å². The zero-order valence-electron chi connectivity index (χ0n) is 12.5. The van der Waals surface area contributed by atoms with Gasteiger partial charge < -0.3 is 4.74 Å². The number of carbonyl (C=O) groups excluding carboxylic acids is 1. The minimum atomic E-state index is -0.117. The van der Waals surface area contributed by atoms with E-state index in [0.29, 0.717) is 16.6 Å². The zero-order valence-corrected chi connectivity index (χ0v) is 14.9. The Morgan fingerprint density at radius 1 is 1.30 bits per heavy atom. The Hall–Kier alpha value is -1.50. The van der Waals surface area contributed by atoms with E-state index in [1.54, 1.807) is 6.20 Å². The molecule has 1 saturated heterocycles. The van der Waals surface area contributed by atoms with Gasteiger partial charge in [-0.15, -0.1) is 11.3 Å². The Kier molecular flexibility index (Phi) is 5.59. The monoisotopic (exact) mass is 392 g/mol. The summed E-state index contributed by atoms with van der Waals surface area (Å²) in [5.74, 6) is 0.248. The fourth-order valence-corrected chi connectivity index (χ4v) is 3.29. The lowest BCUT2D eigenvalue weighted by molar-refractivity contribution is -0.111. The Labute approximate surface area is 147 Å². The summed E-state index contributed by atoms with van der Waals surface area (Å²) in [6.45, 7) is 1.51. The van der Waals surface area contributed by atoms with Crippen LogP contribution in [0.3, 0.4) is 0 Å². The van der Waals surface area contributed by atoms with E-state index in [4.69, 9.17) is 4.74 Å². The standard InChI is InChI=1S/C17H17BrN2O2S/c18-14-3-1-13(2-4-14)15(11-12-5-8-22-9-6-12)16(21)20-17-19-7-10-23-17/h1-4,7,10-12H,5-6,8-9H2,(H,19,20,21). The maximum absolute atomic E-state index is 12.7. The van der Waals surface area contributed by atoms with Gasteiger partial charge in [-0.2, -0.15) is 0 Å². The smallest absolute Gasteiger partial charge is 0.257 e. The molecule has 0 saturated carbocycles. The molecule has 3 rings (SSSR count). The first-order valence-corrected chi connectivity index (χ1v) is 9.16. The van der Waals surface area contributed by atoms with Gasteiger partial charge in [0, 0.05) is 34.8 Å². The molecule has 1 N–H and O–H groups in total. The van der Waals surface area contributed by atoms with Gasteiger partial charge in [-0.1, -0.05) is 34.1 Å². The second kappa shape index (κ2) is 7.86. The number of hydrogen-bond donors (Lipinski definition) is 1. The first kappa shape index (κ1) is 16.4. The highest BCUT2D eigenvalue weighted by molar-refractivity contribution is 9.10. The molecule has 1 fully saturated rings. The third-order valence-electron chi connectivity index (χ3n) is 3.72. The van der Waals surface area contributed by atoms with E-state index in [9.17, 15) is 4.79 Å². The minimum Gasteiger partial charge on any atom is -0.381 e. The molecule has 0 atom stereocenters. The van der Waals surface area contributed by atoms with Crippen LogP contribution in [0.25, 0.3) is 5.57 Å². The summed E-state index contributed by atoms with van der Waals surface area (Å²) in [7, 11) is 0. The van der Waals surface area contributed by atoms with Crippen molar-refractivity contribution in [2.45, 2.75) is 12.8 Å². The quantitative estimate of drug-likeness (QED) is 0.786. The number of rotatable bonds is 4. The highest BCUT2D eigenvalue weighted by Crippen LogP contribution is 2.25. The molecule has 1 aliphatic rings. The van der Waals surface area contributed by atoms with Crippen LogP contribution in [0.2, 0.25) is 0 Å². The summed E-state index contributed by atoms with van der Waals surface area (Å²) in [4.78, 5) is 16.8. The van der Waals surface area contributed by atoms with Crippen LogP contribution in [0, 0.1) is 5.92 Å². The maximum atomic E-state index is 12.7. The summed E-state index contributed by atoms with van der Waals surface area (Å²) in [6.07, 6.45) is 5.66. The Bertz CT molecular complexity index is 677. The van der Waals surface area contributed by atoms with Crippen LogP contribution in [0.15, 0.2) is 46.4 Å². The highest BCUT2D eigenvalue weighted by atomic mass is 79.9. The number of carbonyl (C=O) groups is 1. The SMILES string of the molecule is O=C(Nc1nccs1)C(=CC1CCOCC1)c1ccc(Br)cc1. The summed E-state index contributed by atoms with van der Waals surface area (Å²) in [5.41, 5.74) is 1.60. The number of halogens is 1. The van der Waals surface area contributed by atoms with Crippen molar-refractivity contribution in [1.29, 1.82) is 0 Å². The number of ether oxygens (including phenoxy) is 1. The molecule has 0 aliphatic carbocycles. The summed E-state index contributed by atoms with van der Waals surface area (Å²) >= 11 is 4.85. The van der Waals surface area contributed by atoms with Crippen LogP contribution in [-0.2, 0) is 9.53 Å². The first-order valence-electron chi connectivity index (χ1n) is 7.49. The molecule has 6 heteroatoms.